The van der Waals surface area contributed by atoms with Gasteiger partial charge >= 0.3 is 0 Å². The largest absolute Gasteiger partial charge is 0.507 e. The van der Waals surface area contributed by atoms with E-state index in [-0.39, 0.29) is 11.5 Å². The lowest BCUT2D eigenvalue weighted by Gasteiger charge is -2.20. The molecule has 0 aliphatic carbocycles. The number of aryl methyl sites for hydroxylation is 2. The first-order valence-electron chi connectivity index (χ1n) is 9.59. The smallest absolute Gasteiger partial charge is 0.232 e. The quantitative estimate of drug-likeness (QED) is 0.753. The van der Waals surface area contributed by atoms with Crippen LogP contribution in [-0.4, -0.2) is 28.9 Å². The standard InChI is InChI=1S/C23H27NO3/c1-5-16-8-10-17(11-9-16)13-20-22(26)21-15(4)12-19(25)18(23(21)27-20)14-24(6-2)7-3/h8-13,25H,5-7,14H2,1-4H3/b20-13-. The molecule has 142 valence electrons. The zero-order valence-corrected chi connectivity index (χ0v) is 16.5. The van der Waals surface area contributed by atoms with E-state index in [0.29, 0.717) is 29.2 Å². The van der Waals surface area contributed by atoms with Crippen LogP contribution in [0.2, 0.25) is 0 Å². The summed E-state index contributed by atoms with van der Waals surface area (Å²) in [4.78, 5) is 15.1. The fraction of sp³-hybridized carbons (Fsp3) is 0.348. The molecule has 0 radical (unpaired) electrons. The topological polar surface area (TPSA) is 49.8 Å². The van der Waals surface area contributed by atoms with Crippen molar-refractivity contribution < 1.29 is 14.6 Å². The normalized spacial score (nSPS) is 14.7. The van der Waals surface area contributed by atoms with Gasteiger partial charge in [-0.25, -0.2) is 0 Å². The summed E-state index contributed by atoms with van der Waals surface area (Å²) in [7, 11) is 0. The Bertz CT molecular complexity index is 877. The van der Waals surface area contributed by atoms with Crippen LogP contribution in [-0.2, 0) is 13.0 Å². The summed E-state index contributed by atoms with van der Waals surface area (Å²) >= 11 is 0. The van der Waals surface area contributed by atoms with Crippen LogP contribution in [0.1, 0.15) is 53.4 Å². The predicted molar refractivity (Wildman–Crippen MR) is 108 cm³/mol. The van der Waals surface area contributed by atoms with Gasteiger partial charge in [0.1, 0.15) is 11.5 Å². The van der Waals surface area contributed by atoms with Crippen LogP contribution in [0.4, 0.5) is 0 Å². The highest BCUT2D eigenvalue weighted by molar-refractivity contribution is 6.15. The number of carbonyl (C=O) groups is 1. The number of carbonyl (C=O) groups excluding carboxylic acids is 1. The van der Waals surface area contributed by atoms with Crippen LogP contribution in [0.15, 0.2) is 36.1 Å². The molecule has 0 atom stereocenters. The summed E-state index contributed by atoms with van der Waals surface area (Å²) < 4.78 is 5.99. The number of ketones is 1. The molecule has 3 rings (SSSR count). The Hall–Kier alpha value is -2.59. The maximum Gasteiger partial charge on any atom is 0.232 e. The minimum atomic E-state index is -0.122. The van der Waals surface area contributed by atoms with Gasteiger partial charge in [-0.05, 0) is 55.3 Å². The van der Waals surface area contributed by atoms with Crippen LogP contribution < -0.4 is 4.74 Å². The molecule has 4 heteroatoms. The van der Waals surface area contributed by atoms with Gasteiger partial charge in [0.15, 0.2) is 5.76 Å². The minimum absolute atomic E-state index is 0.122. The van der Waals surface area contributed by atoms with Crippen molar-refractivity contribution in [1.29, 1.82) is 0 Å². The molecule has 0 saturated carbocycles. The van der Waals surface area contributed by atoms with E-state index >= 15 is 0 Å². The SMILES string of the molecule is CCc1ccc(/C=C2\Oc3c(CN(CC)CC)c(O)cc(C)c3C2=O)cc1. The number of phenolic OH excluding ortho intramolecular Hbond substituents is 1. The molecular weight excluding hydrogens is 338 g/mol. The number of hydrogen-bond acceptors (Lipinski definition) is 4. The second-order valence-electron chi connectivity index (χ2n) is 6.89. The Balaban J connectivity index is 1.99. The maximum atomic E-state index is 12.9. The second kappa shape index (κ2) is 7.97. The van der Waals surface area contributed by atoms with E-state index in [1.807, 2.05) is 19.1 Å². The first-order valence-corrected chi connectivity index (χ1v) is 9.59. The average molecular weight is 365 g/mol. The van der Waals surface area contributed by atoms with Crippen molar-refractivity contribution in [1.82, 2.24) is 4.90 Å². The molecule has 27 heavy (non-hydrogen) atoms. The van der Waals surface area contributed by atoms with Gasteiger partial charge in [0.2, 0.25) is 5.78 Å². The number of Topliss-reactive ketones (excluding diaryl/α,β-unsaturated/α-hetero) is 1. The first-order chi connectivity index (χ1) is 13.0. The number of ether oxygens (including phenoxy) is 1. The Labute approximate surface area is 161 Å². The molecule has 0 unspecified atom stereocenters. The maximum absolute atomic E-state index is 12.9. The third-order valence-electron chi connectivity index (χ3n) is 5.18. The van der Waals surface area contributed by atoms with E-state index in [2.05, 4.69) is 37.8 Å². The van der Waals surface area contributed by atoms with Crippen LogP contribution in [0.3, 0.4) is 0 Å². The van der Waals surface area contributed by atoms with Crippen molar-refractivity contribution in [3.8, 4) is 11.5 Å². The van der Waals surface area contributed by atoms with Gasteiger partial charge in [0.05, 0.1) is 11.1 Å². The van der Waals surface area contributed by atoms with Gasteiger partial charge in [-0.15, -0.1) is 0 Å². The molecule has 1 N–H and O–H groups in total. The summed E-state index contributed by atoms with van der Waals surface area (Å²) in [5.41, 5.74) is 4.15. The highest BCUT2D eigenvalue weighted by Crippen LogP contribution is 2.42. The number of rotatable bonds is 6. The van der Waals surface area contributed by atoms with Gasteiger partial charge in [-0.3, -0.25) is 9.69 Å². The minimum Gasteiger partial charge on any atom is -0.507 e. The molecule has 2 aromatic rings. The van der Waals surface area contributed by atoms with Crippen molar-refractivity contribution >= 4 is 11.9 Å². The van der Waals surface area contributed by atoms with Crippen molar-refractivity contribution in [3.05, 3.63) is 63.9 Å². The Morgan fingerprint density at radius 1 is 1.11 bits per heavy atom. The lowest BCUT2D eigenvalue weighted by molar-refractivity contribution is 0.101. The first kappa shape index (κ1) is 19.2. The van der Waals surface area contributed by atoms with Crippen LogP contribution in [0, 0.1) is 6.92 Å². The summed E-state index contributed by atoms with van der Waals surface area (Å²) in [6.45, 7) is 10.4. The molecule has 0 amide bonds. The van der Waals surface area contributed by atoms with E-state index < -0.39 is 0 Å². The molecule has 1 aliphatic rings. The van der Waals surface area contributed by atoms with Gasteiger partial charge in [0.25, 0.3) is 0 Å². The molecule has 1 aliphatic heterocycles. The van der Waals surface area contributed by atoms with E-state index in [1.165, 1.54) is 5.56 Å². The third-order valence-corrected chi connectivity index (χ3v) is 5.18. The number of fused-ring (bicyclic) bond motifs is 1. The molecule has 0 fully saturated rings. The zero-order chi connectivity index (χ0) is 19.6. The fourth-order valence-electron chi connectivity index (χ4n) is 3.40. The fourth-order valence-corrected chi connectivity index (χ4v) is 3.40. The Morgan fingerprint density at radius 2 is 1.78 bits per heavy atom. The van der Waals surface area contributed by atoms with Crippen LogP contribution >= 0.6 is 0 Å². The Morgan fingerprint density at radius 3 is 2.37 bits per heavy atom. The average Bonchev–Trinajstić information content (AvgIpc) is 2.99. The number of benzene rings is 2. The summed E-state index contributed by atoms with van der Waals surface area (Å²) in [6, 6.07) is 9.76. The van der Waals surface area contributed by atoms with E-state index in [4.69, 9.17) is 4.74 Å². The van der Waals surface area contributed by atoms with Crippen molar-refractivity contribution in [2.75, 3.05) is 13.1 Å². The third kappa shape index (κ3) is 3.76. The summed E-state index contributed by atoms with van der Waals surface area (Å²) in [5.74, 6) is 0.868. The molecule has 0 spiro atoms. The van der Waals surface area contributed by atoms with Crippen LogP contribution in [0.25, 0.3) is 6.08 Å². The highest BCUT2D eigenvalue weighted by Gasteiger charge is 2.33. The van der Waals surface area contributed by atoms with Crippen molar-refractivity contribution in [2.24, 2.45) is 0 Å². The highest BCUT2D eigenvalue weighted by atomic mass is 16.5. The molecule has 2 aromatic carbocycles. The number of allylic oxidation sites excluding steroid dienone is 1. The summed E-state index contributed by atoms with van der Waals surface area (Å²) in [5, 5.41) is 10.5. The van der Waals surface area contributed by atoms with E-state index in [1.54, 1.807) is 12.1 Å². The van der Waals surface area contributed by atoms with Crippen molar-refractivity contribution in [2.45, 2.75) is 40.7 Å². The number of phenols is 1. The van der Waals surface area contributed by atoms with Crippen molar-refractivity contribution in [3.63, 3.8) is 0 Å². The Kier molecular flexibility index (Phi) is 5.66. The van der Waals surface area contributed by atoms with Gasteiger partial charge in [-0.2, -0.15) is 0 Å². The van der Waals surface area contributed by atoms with E-state index in [9.17, 15) is 9.90 Å². The molecule has 0 aromatic heterocycles. The van der Waals surface area contributed by atoms with Gasteiger partial charge in [0, 0.05) is 6.54 Å². The predicted octanol–water partition coefficient (Wildman–Crippen LogP) is 4.72. The van der Waals surface area contributed by atoms with Crippen LogP contribution in [0.5, 0.6) is 11.5 Å². The zero-order valence-electron chi connectivity index (χ0n) is 16.5. The number of nitrogens with zero attached hydrogens (tertiary/aromatic N) is 1. The number of aromatic hydroxyl groups is 1. The second-order valence-corrected chi connectivity index (χ2v) is 6.89. The van der Waals surface area contributed by atoms with E-state index in [0.717, 1.165) is 30.6 Å². The number of hydrogen-bond donors (Lipinski definition) is 1. The van der Waals surface area contributed by atoms with Gasteiger partial charge in [-0.1, -0.05) is 45.0 Å². The lowest BCUT2D eigenvalue weighted by atomic mass is 9.99. The molecule has 0 saturated heterocycles. The lowest BCUT2D eigenvalue weighted by Crippen LogP contribution is -2.22. The molecule has 4 nitrogen and oxygen atoms in total. The molecule has 1 heterocycles. The molecule has 0 bridgehead atoms. The summed E-state index contributed by atoms with van der Waals surface area (Å²) in [6.07, 6.45) is 2.75. The molecular formula is C23H27NO3. The van der Waals surface area contributed by atoms with Gasteiger partial charge < -0.3 is 9.84 Å². The monoisotopic (exact) mass is 365 g/mol.